The van der Waals surface area contributed by atoms with E-state index in [0.717, 1.165) is 50.9 Å². The Morgan fingerprint density at radius 3 is 1.59 bits per heavy atom. The van der Waals surface area contributed by atoms with E-state index in [4.69, 9.17) is 9.47 Å². The molecule has 4 heteroatoms. The van der Waals surface area contributed by atoms with Crippen molar-refractivity contribution in [2.75, 3.05) is 13.2 Å². The van der Waals surface area contributed by atoms with Crippen LogP contribution in [-0.4, -0.2) is 25.2 Å². The van der Waals surface area contributed by atoms with Gasteiger partial charge in [-0.05, 0) is 38.0 Å². The van der Waals surface area contributed by atoms with E-state index in [1.807, 2.05) is 0 Å². The molecule has 0 amide bonds. The van der Waals surface area contributed by atoms with Gasteiger partial charge in [0, 0.05) is 0 Å². The van der Waals surface area contributed by atoms with Crippen molar-refractivity contribution in [3.8, 4) is 0 Å². The van der Waals surface area contributed by atoms with Gasteiger partial charge in [-0.2, -0.15) is 0 Å². The zero-order chi connectivity index (χ0) is 23.4. The van der Waals surface area contributed by atoms with E-state index in [1.165, 1.54) is 64.2 Å². The monoisotopic (exact) mass is 452 g/mol. The Labute approximate surface area is 198 Å². The molecule has 1 saturated carbocycles. The molecule has 2 atom stereocenters. The standard InChI is InChI=1S/C28H52O4/c1-4-5-6-7-8-9-12-15-21-31-27(29)25-19-17-20-26(23-25)28(30)32-22-16-13-10-11-14-18-24(2)3/h24-26H,4-23H2,1-3H3. The number of hydrogen-bond donors (Lipinski definition) is 0. The van der Waals surface area contributed by atoms with Crippen LogP contribution in [0.1, 0.15) is 136 Å². The minimum Gasteiger partial charge on any atom is -0.465 e. The molecule has 2 unspecified atom stereocenters. The van der Waals surface area contributed by atoms with Crippen LogP contribution in [0.3, 0.4) is 0 Å². The Balaban J connectivity index is 2.07. The maximum absolute atomic E-state index is 12.4. The van der Waals surface area contributed by atoms with Crippen LogP contribution in [0.15, 0.2) is 0 Å². The molecule has 0 bridgehead atoms. The summed E-state index contributed by atoms with van der Waals surface area (Å²) in [7, 11) is 0. The number of rotatable bonds is 19. The molecule has 0 heterocycles. The zero-order valence-corrected chi connectivity index (χ0v) is 21.5. The molecular weight excluding hydrogens is 400 g/mol. The fourth-order valence-corrected chi connectivity index (χ4v) is 4.62. The second kappa shape index (κ2) is 19.4. The molecule has 0 aliphatic heterocycles. The van der Waals surface area contributed by atoms with E-state index in [1.54, 1.807) is 0 Å². The molecule has 32 heavy (non-hydrogen) atoms. The second-order valence-corrected chi connectivity index (χ2v) is 10.3. The third kappa shape index (κ3) is 14.9. The molecule has 0 aromatic carbocycles. The van der Waals surface area contributed by atoms with Crippen molar-refractivity contribution in [1.29, 1.82) is 0 Å². The summed E-state index contributed by atoms with van der Waals surface area (Å²) < 4.78 is 11.0. The van der Waals surface area contributed by atoms with Gasteiger partial charge in [0.2, 0.25) is 0 Å². The fraction of sp³-hybridized carbons (Fsp3) is 0.929. The van der Waals surface area contributed by atoms with Gasteiger partial charge in [-0.1, -0.05) is 104 Å². The van der Waals surface area contributed by atoms with Crippen LogP contribution in [0, 0.1) is 17.8 Å². The summed E-state index contributed by atoms with van der Waals surface area (Å²) in [6.45, 7) is 7.82. The number of carbonyl (C=O) groups excluding carboxylic acids is 2. The smallest absolute Gasteiger partial charge is 0.308 e. The number of carbonyl (C=O) groups is 2. The van der Waals surface area contributed by atoms with Crippen LogP contribution in [-0.2, 0) is 19.1 Å². The molecular formula is C28H52O4. The van der Waals surface area contributed by atoms with Gasteiger partial charge < -0.3 is 9.47 Å². The zero-order valence-electron chi connectivity index (χ0n) is 21.5. The first kappa shape index (κ1) is 29.0. The highest BCUT2D eigenvalue weighted by Crippen LogP contribution is 2.31. The van der Waals surface area contributed by atoms with Crippen molar-refractivity contribution in [3.63, 3.8) is 0 Å². The van der Waals surface area contributed by atoms with Crippen LogP contribution in [0.5, 0.6) is 0 Å². The van der Waals surface area contributed by atoms with E-state index in [0.29, 0.717) is 19.6 Å². The Kier molecular flexibility index (Phi) is 17.6. The third-order valence-corrected chi connectivity index (χ3v) is 6.75. The quantitative estimate of drug-likeness (QED) is 0.147. The number of esters is 2. The summed E-state index contributed by atoms with van der Waals surface area (Å²) in [5.74, 6) is 0.321. The molecule has 4 nitrogen and oxygen atoms in total. The lowest BCUT2D eigenvalue weighted by molar-refractivity contribution is -0.155. The predicted molar refractivity (Wildman–Crippen MR) is 133 cm³/mol. The summed E-state index contributed by atoms with van der Waals surface area (Å²) in [4.78, 5) is 24.9. The highest BCUT2D eigenvalue weighted by atomic mass is 16.5. The van der Waals surface area contributed by atoms with Crippen molar-refractivity contribution in [2.24, 2.45) is 17.8 Å². The van der Waals surface area contributed by atoms with E-state index in [-0.39, 0.29) is 23.8 Å². The Hall–Kier alpha value is -1.06. The molecule has 0 radical (unpaired) electrons. The highest BCUT2D eigenvalue weighted by molar-refractivity contribution is 5.76. The minimum atomic E-state index is -0.129. The van der Waals surface area contributed by atoms with Crippen molar-refractivity contribution >= 4 is 11.9 Å². The third-order valence-electron chi connectivity index (χ3n) is 6.75. The number of hydrogen-bond acceptors (Lipinski definition) is 4. The Bertz CT molecular complexity index is 474. The molecule has 0 N–H and O–H groups in total. The first-order valence-electron chi connectivity index (χ1n) is 13.9. The van der Waals surface area contributed by atoms with Gasteiger partial charge in [-0.3, -0.25) is 9.59 Å². The van der Waals surface area contributed by atoms with Gasteiger partial charge >= 0.3 is 11.9 Å². The second-order valence-electron chi connectivity index (χ2n) is 10.3. The van der Waals surface area contributed by atoms with Crippen molar-refractivity contribution in [2.45, 2.75) is 136 Å². The van der Waals surface area contributed by atoms with Gasteiger partial charge in [0.1, 0.15) is 0 Å². The van der Waals surface area contributed by atoms with Gasteiger partial charge in [0.15, 0.2) is 0 Å². The molecule has 0 aromatic heterocycles. The van der Waals surface area contributed by atoms with E-state index in [9.17, 15) is 9.59 Å². The molecule has 0 aromatic rings. The van der Waals surface area contributed by atoms with Crippen molar-refractivity contribution < 1.29 is 19.1 Å². The summed E-state index contributed by atoms with van der Waals surface area (Å²) in [5.41, 5.74) is 0. The van der Waals surface area contributed by atoms with E-state index in [2.05, 4.69) is 20.8 Å². The van der Waals surface area contributed by atoms with Crippen LogP contribution < -0.4 is 0 Å². The molecule has 0 saturated heterocycles. The summed E-state index contributed by atoms with van der Waals surface area (Å²) in [6, 6.07) is 0. The maximum atomic E-state index is 12.4. The van der Waals surface area contributed by atoms with Crippen LogP contribution >= 0.6 is 0 Å². The molecule has 1 aliphatic carbocycles. The molecule has 188 valence electrons. The topological polar surface area (TPSA) is 52.6 Å². The summed E-state index contributed by atoms with van der Waals surface area (Å²) >= 11 is 0. The van der Waals surface area contributed by atoms with Crippen LogP contribution in [0.4, 0.5) is 0 Å². The average Bonchev–Trinajstić information content (AvgIpc) is 2.79. The highest BCUT2D eigenvalue weighted by Gasteiger charge is 2.32. The summed E-state index contributed by atoms with van der Waals surface area (Å²) in [6.07, 6.45) is 20.3. The lowest BCUT2D eigenvalue weighted by Gasteiger charge is -2.26. The van der Waals surface area contributed by atoms with E-state index < -0.39 is 0 Å². The van der Waals surface area contributed by atoms with Crippen molar-refractivity contribution in [3.05, 3.63) is 0 Å². The SMILES string of the molecule is CCCCCCCCCCOC(=O)C1CCCC(C(=O)OCCCCCCCC(C)C)C1. The van der Waals surface area contributed by atoms with Crippen molar-refractivity contribution in [1.82, 2.24) is 0 Å². The first-order chi connectivity index (χ1) is 15.5. The number of unbranched alkanes of at least 4 members (excludes halogenated alkanes) is 11. The normalized spacial score (nSPS) is 18.6. The average molecular weight is 453 g/mol. The summed E-state index contributed by atoms with van der Waals surface area (Å²) in [5, 5.41) is 0. The van der Waals surface area contributed by atoms with Gasteiger partial charge in [-0.15, -0.1) is 0 Å². The maximum Gasteiger partial charge on any atom is 0.308 e. The molecule has 1 aliphatic rings. The molecule has 1 rings (SSSR count). The lowest BCUT2D eigenvalue weighted by Crippen LogP contribution is -2.30. The first-order valence-corrected chi connectivity index (χ1v) is 13.9. The minimum absolute atomic E-state index is 0.105. The largest absolute Gasteiger partial charge is 0.465 e. The van der Waals surface area contributed by atoms with Crippen LogP contribution in [0.25, 0.3) is 0 Å². The van der Waals surface area contributed by atoms with Gasteiger partial charge in [-0.25, -0.2) is 0 Å². The number of ether oxygens (including phenoxy) is 2. The Morgan fingerprint density at radius 1 is 0.688 bits per heavy atom. The van der Waals surface area contributed by atoms with Gasteiger partial charge in [0.25, 0.3) is 0 Å². The Morgan fingerprint density at radius 2 is 1.12 bits per heavy atom. The van der Waals surface area contributed by atoms with E-state index >= 15 is 0 Å². The van der Waals surface area contributed by atoms with Gasteiger partial charge in [0.05, 0.1) is 25.0 Å². The molecule has 0 spiro atoms. The fourth-order valence-electron chi connectivity index (χ4n) is 4.62. The lowest BCUT2D eigenvalue weighted by atomic mass is 9.81. The molecule has 1 fully saturated rings. The van der Waals surface area contributed by atoms with Crippen LogP contribution in [0.2, 0.25) is 0 Å². The predicted octanol–water partition coefficient (Wildman–Crippen LogP) is 8.02.